The lowest BCUT2D eigenvalue weighted by molar-refractivity contribution is 0.230. The fraction of sp³-hybridized carbons (Fsp3) is 0.733. The maximum atomic E-state index is 9.53. The Hall–Kier alpha value is -1.34. The fourth-order valence-corrected chi connectivity index (χ4v) is 3.20. The molecule has 1 fully saturated rings. The highest BCUT2D eigenvalue weighted by Gasteiger charge is 2.37. The van der Waals surface area contributed by atoms with Gasteiger partial charge in [-0.2, -0.15) is 5.26 Å². The molecular weight excluding hydrogens is 236 g/mol. The van der Waals surface area contributed by atoms with Crippen molar-refractivity contribution in [1.82, 2.24) is 14.9 Å². The van der Waals surface area contributed by atoms with Gasteiger partial charge >= 0.3 is 0 Å². The largest absolute Gasteiger partial charge is 0.332 e. The van der Waals surface area contributed by atoms with Crippen molar-refractivity contribution in [3.8, 4) is 6.07 Å². The summed E-state index contributed by atoms with van der Waals surface area (Å²) < 4.78 is 2.28. The summed E-state index contributed by atoms with van der Waals surface area (Å²) in [5, 5.41) is 12.9. The lowest BCUT2D eigenvalue weighted by atomic mass is 9.79. The average molecular weight is 260 g/mol. The molecule has 1 N–H and O–H groups in total. The van der Waals surface area contributed by atoms with Crippen molar-refractivity contribution >= 4 is 0 Å². The quantitative estimate of drug-likeness (QED) is 0.905. The molecule has 1 saturated carbocycles. The number of nitrogens with zero attached hydrogens (tertiary/aromatic N) is 3. The highest BCUT2D eigenvalue weighted by Crippen LogP contribution is 2.36. The van der Waals surface area contributed by atoms with Gasteiger partial charge < -0.3 is 4.57 Å². The lowest BCUT2D eigenvalue weighted by Crippen LogP contribution is -2.47. The minimum Gasteiger partial charge on any atom is -0.332 e. The van der Waals surface area contributed by atoms with Crippen LogP contribution in [0, 0.1) is 11.3 Å². The summed E-state index contributed by atoms with van der Waals surface area (Å²) in [6, 6.07) is 2.91. The number of imidazole rings is 1. The number of nitrogens with one attached hydrogen (secondary N) is 1. The molecular formula is C15H24N4. The van der Waals surface area contributed by atoms with Crippen molar-refractivity contribution in [2.75, 3.05) is 6.54 Å². The van der Waals surface area contributed by atoms with Crippen molar-refractivity contribution < 1.29 is 0 Å². The Labute approximate surface area is 115 Å². The summed E-state index contributed by atoms with van der Waals surface area (Å²) >= 11 is 0. The van der Waals surface area contributed by atoms with E-state index in [2.05, 4.69) is 47.9 Å². The first-order chi connectivity index (χ1) is 9.12. The molecule has 2 rings (SSSR count). The lowest BCUT2D eigenvalue weighted by Gasteiger charge is -2.37. The molecule has 0 saturated heterocycles. The molecule has 104 valence electrons. The molecule has 1 aromatic rings. The van der Waals surface area contributed by atoms with Crippen molar-refractivity contribution in [2.45, 2.75) is 64.0 Å². The van der Waals surface area contributed by atoms with E-state index in [0.29, 0.717) is 12.0 Å². The Morgan fingerprint density at radius 1 is 1.63 bits per heavy atom. The van der Waals surface area contributed by atoms with E-state index in [9.17, 15) is 5.26 Å². The maximum Gasteiger partial charge on any atom is 0.111 e. The van der Waals surface area contributed by atoms with Crippen LogP contribution in [0.15, 0.2) is 12.4 Å². The molecule has 0 aromatic carbocycles. The van der Waals surface area contributed by atoms with E-state index >= 15 is 0 Å². The summed E-state index contributed by atoms with van der Waals surface area (Å²) in [5.41, 5.74) is -0.351. The molecule has 2 unspecified atom stereocenters. The summed E-state index contributed by atoms with van der Waals surface area (Å²) in [4.78, 5) is 4.47. The fourth-order valence-electron chi connectivity index (χ4n) is 3.20. The van der Waals surface area contributed by atoms with E-state index in [4.69, 9.17) is 0 Å². The van der Waals surface area contributed by atoms with Gasteiger partial charge in [0.25, 0.3) is 0 Å². The van der Waals surface area contributed by atoms with Gasteiger partial charge in [0.15, 0.2) is 0 Å². The molecule has 1 aromatic heterocycles. The molecule has 0 bridgehead atoms. The first-order valence-corrected chi connectivity index (χ1v) is 7.31. The molecule has 1 aliphatic carbocycles. The molecule has 0 amide bonds. The summed E-state index contributed by atoms with van der Waals surface area (Å²) in [6.07, 6.45) is 8.03. The second kappa shape index (κ2) is 5.75. The molecule has 19 heavy (non-hydrogen) atoms. The molecule has 2 atom stereocenters. The highest BCUT2D eigenvalue weighted by atomic mass is 15.1. The van der Waals surface area contributed by atoms with Crippen LogP contribution in [0.2, 0.25) is 0 Å². The van der Waals surface area contributed by atoms with Gasteiger partial charge in [-0.3, -0.25) is 5.32 Å². The Balaban J connectivity index is 2.21. The summed E-state index contributed by atoms with van der Waals surface area (Å²) in [5.74, 6) is 1.56. The van der Waals surface area contributed by atoms with E-state index in [-0.39, 0.29) is 5.54 Å². The third kappa shape index (κ3) is 2.82. The number of nitriles is 1. The van der Waals surface area contributed by atoms with Gasteiger partial charge in [0, 0.05) is 24.4 Å². The first kappa shape index (κ1) is 14.1. The predicted octanol–water partition coefficient (Wildman–Crippen LogP) is 2.99. The van der Waals surface area contributed by atoms with Gasteiger partial charge in [0.05, 0.1) is 6.07 Å². The van der Waals surface area contributed by atoms with Gasteiger partial charge in [-0.15, -0.1) is 0 Å². The second-order valence-electron chi connectivity index (χ2n) is 5.82. The van der Waals surface area contributed by atoms with Crippen LogP contribution in [0.5, 0.6) is 0 Å². The number of aromatic nitrogens is 2. The van der Waals surface area contributed by atoms with Gasteiger partial charge in [-0.25, -0.2) is 4.98 Å². The van der Waals surface area contributed by atoms with Crippen molar-refractivity contribution in [3.05, 3.63) is 18.2 Å². The molecule has 1 aliphatic rings. The highest BCUT2D eigenvalue weighted by molar-refractivity contribution is 5.12. The van der Waals surface area contributed by atoms with E-state index in [1.807, 2.05) is 6.20 Å². The Morgan fingerprint density at radius 3 is 3.05 bits per heavy atom. The normalized spacial score (nSPS) is 27.4. The zero-order chi connectivity index (χ0) is 13.9. The minimum absolute atomic E-state index is 0.351. The molecule has 0 spiro atoms. The Kier molecular flexibility index (Phi) is 4.26. The molecule has 0 radical (unpaired) electrons. The van der Waals surface area contributed by atoms with Crippen LogP contribution in [0.4, 0.5) is 0 Å². The second-order valence-corrected chi connectivity index (χ2v) is 5.82. The maximum absolute atomic E-state index is 9.53. The third-order valence-electron chi connectivity index (χ3n) is 4.06. The first-order valence-electron chi connectivity index (χ1n) is 7.31. The van der Waals surface area contributed by atoms with Crippen LogP contribution in [-0.2, 0) is 0 Å². The zero-order valence-corrected chi connectivity index (χ0v) is 12.2. The average Bonchev–Trinajstić information content (AvgIpc) is 2.89. The smallest absolute Gasteiger partial charge is 0.111 e. The standard InChI is InChI=1S/C15H24N4/c1-4-18-15(11-16)7-5-6-13(10-15)19-9-8-17-14(19)12(2)3/h8-9,12-13,18H,4-7,10H2,1-3H3. The number of hydrogen-bond donors (Lipinski definition) is 1. The zero-order valence-electron chi connectivity index (χ0n) is 12.2. The molecule has 4 heteroatoms. The van der Waals surface area contributed by atoms with Crippen LogP contribution < -0.4 is 5.32 Å². The predicted molar refractivity (Wildman–Crippen MR) is 75.8 cm³/mol. The van der Waals surface area contributed by atoms with E-state index < -0.39 is 0 Å². The third-order valence-corrected chi connectivity index (χ3v) is 4.06. The molecule has 1 heterocycles. The van der Waals surface area contributed by atoms with Crippen LogP contribution in [0.25, 0.3) is 0 Å². The van der Waals surface area contributed by atoms with E-state index in [1.165, 1.54) is 0 Å². The summed E-state index contributed by atoms with van der Waals surface area (Å²) in [6.45, 7) is 7.26. The molecule has 4 nitrogen and oxygen atoms in total. The van der Waals surface area contributed by atoms with Crippen LogP contribution >= 0.6 is 0 Å². The number of hydrogen-bond acceptors (Lipinski definition) is 3. The van der Waals surface area contributed by atoms with Gasteiger partial charge in [0.2, 0.25) is 0 Å². The van der Waals surface area contributed by atoms with Gasteiger partial charge in [-0.1, -0.05) is 20.8 Å². The SMILES string of the molecule is CCNC1(C#N)CCCC(n2ccnc2C(C)C)C1. The Morgan fingerprint density at radius 2 is 2.42 bits per heavy atom. The van der Waals surface area contributed by atoms with E-state index in [1.54, 1.807) is 0 Å². The van der Waals surface area contributed by atoms with Crippen LogP contribution in [0.1, 0.15) is 64.2 Å². The monoisotopic (exact) mass is 260 g/mol. The van der Waals surface area contributed by atoms with Crippen LogP contribution in [0.3, 0.4) is 0 Å². The van der Waals surface area contributed by atoms with Gasteiger partial charge in [-0.05, 0) is 32.2 Å². The van der Waals surface area contributed by atoms with Crippen molar-refractivity contribution in [2.24, 2.45) is 0 Å². The Bertz CT molecular complexity index is 453. The van der Waals surface area contributed by atoms with Crippen molar-refractivity contribution in [3.63, 3.8) is 0 Å². The van der Waals surface area contributed by atoms with Crippen LogP contribution in [-0.4, -0.2) is 21.6 Å². The number of rotatable bonds is 4. The minimum atomic E-state index is -0.351. The topological polar surface area (TPSA) is 53.6 Å². The van der Waals surface area contributed by atoms with E-state index in [0.717, 1.165) is 38.1 Å². The summed E-state index contributed by atoms with van der Waals surface area (Å²) in [7, 11) is 0. The molecule has 0 aliphatic heterocycles. The van der Waals surface area contributed by atoms with Crippen molar-refractivity contribution in [1.29, 1.82) is 5.26 Å². The van der Waals surface area contributed by atoms with Gasteiger partial charge in [0.1, 0.15) is 11.4 Å².